The Morgan fingerprint density at radius 3 is 2.75 bits per heavy atom. The molecule has 1 aliphatic heterocycles. The maximum atomic E-state index is 13.8. The lowest BCUT2D eigenvalue weighted by Crippen LogP contribution is -2.37. The van der Waals surface area contributed by atoms with Crippen molar-refractivity contribution in [2.24, 2.45) is 0 Å². The van der Waals surface area contributed by atoms with Crippen molar-refractivity contribution in [2.75, 3.05) is 20.2 Å². The maximum Gasteiger partial charge on any atom is 0.254 e. The molecule has 1 fully saturated rings. The molecule has 5 heteroatoms. The van der Waals surface area contributed by atoms with Crippen molar-refractivity contribution in [1.82, 2.24) is 9.88 Å². The van der Waals surface area contributed by atoms with Gasteiger partial charge in [-0.05, 0) is 37.5 Å². The van der Waals surface area contributed by atoms with Crippen LogP contribution < -0.4 is 0 Å². The molecular formula is C23H23FN2O2. The number of fused-ring (bicyclic) bond motifs is 1. The molecular weight excluding hydrogens is 355 g/mol. The van der Waals surface area contributed by atoms with E-state index in [0.29, 0.717) is 28.7 Å². The van der Waals surface area contributed by atoms with Crippen molar-refractivity contribution in [1.29, 1.82) is 0 Å². The van der Waals surface area contributed by atoms with Crippen LogP contribution in [0, 0.1) is 5.82 Å². The minimum absolute atomic E-state index is 0.0711. The summed E-state index contributed by atoms with van der Waals surface area (Å²) < 4.78 is 19.6. The molecule has 3 aromatic rings. The normalized spacial score (nSPS) is 16.9. The number of nitrogens with zero attached hydrogens (tertiary/aromatic N) is 2. The lowest BCUT2D eigenvalue weighted by Gasteiger charge is -2.27. The number of halogens is 1. The van der Waals surface area contributed by atoms with E-state index in [0.717, 1.165) is 31.4 Å². The highest BCUT2D eigenvalue weighted by Gasteiger charge is 2.22. The molecule has 4 nitrogen and oxygen atoms in total. The summed E-state index contributed by atoms with van der Waals surface area (Å²) in [5.74, 6) is -0.474. The molecule has 0 N–H and O–H groups in total. The van der Waals surface area contributed by atoms with Gasteiger partial charge in [-0.25, -0.2) is 9.37 Å². The molecule has 1 atom stereocenters. The van der Waals surface area contributed by atoms with Crippen LogP contribution in [-0.4, -0.2) is 42.1 Å². The van der Waals surface area contributed by atoms with Crippen LogP contribution in [0.25, 0.3) is 22.2 Å². The molecule has 1 amide bonds. The molecule has 4 rings (SSSR count). The number of likely N-dealkylation sites (N-methyl/N-ethyl adjacent to an activating group) is 1. The standard InChI is InChI=1S/C23H23FN2O2/c1-26(15-18-9-5-6-12-28-18)23(27)20-14-21(16-7-3-2-4-8-16)25-22-13-17(24)10-11-19(20)22/h2-4,7-8,10-11,13-14,18H,5-6,9,12,15H2,1H3. The predicted octanol–water partition coefficient (Wildman–Crippen LogP) is 4.68. The second-order valence-corrected chi connectivity index (χ2v) is 7.26. The van der Waals surface area contributed by atoms with Crippen LogP contribution >= 0.6 is 0 Å². The number of benzene rings is 2. The summed E-state index contributed by atoms with van der Waals surface area (Å²) in [6.45, 7) is 1.30. The fraction of sp³-hybridized carbons (Fsp3) is 0.304. The quantitative estimate of drug-likeness (QED) is 0.662. The molecule has 144 valence electrons. The van der Waals surface area contributed by atoms with Crippen LogP contribution in [-0.2, 0) is 4.74 Å². The highest BCUT2D eigenvalue weighted by molar-refractivity contribution is 6.07. The van der Waals surface area contributed by atoms with Crippen LogP contribution in [0.2, 0.25) is 0 Å². The average molecular weight is 378 g/mol. The number of carbonyl (C=O) groups excluding carboxylic acids is 1. The van der Waals surface area contributed by atoms with E-state index in [-0.39, 0.29) is 17.8 Å². The minimum atomic E-state index is -0.368. The number of aromatic nitrogens is 1. The molecule has 1 aromatic heterocycles. The average Bonchev–Trinajstić information content (AvgIpc) is 2.73. The largest absolute Gasteiger partial charge is 0.376 e. The second kappa shape index (κ2) is 8.07. The maximum absolute atomic E-state index is 13.8. The number of pyridine rings is 1. The molecule has 2 aromatic carbocycles. The van der Waals surface area contributed by atoms with Gasteiger partial charge in [0.25, 0.3) is 5.91 Å². The molecule has 0 saturated carbocycles. The van der Waals surface area contributed by atoms with Gasteiger partial charge in [0.15, 0.2) is 0 Å². The van der Waals surface area contributed by atoms with Crippen LogP contribution in [0.5, 0.6) is 0 Å². The monoisotopic (exact) mass is 378 g/mol. The topological polar surface area (TPSA) is 42.4 Å². The smallest absolute Gasteiger partial charge is 0.254 e. The molecule has 2 heterocycles. The van der Waals surface area contributed by atoms with Crippen LogP contribution in [0.4, 0.5) is 4.39 Å². The van der Waals surface area contributed by atoms with Gasteiger partial charge in [0.1, 0.15) is 5.82 Å². The molecule has 0 radical (unpaired) electrons. The minimum Gasteiger partial charge on any atom is -0.376 e. The predicted molar refractivity (Wildman–Crippen MR) is 108 cm³/mol. The Labute approximate surface area is 164 Å². The van der Waals surface area contributed by atoms with Crippen LogP contribution in [0.15, 0.2) is 54.6 Å². The Bertz CT molecular complexity index is 985. The molecule has 0 bridgehead atoms. The van der Waals surface area contributed by atoms with Crippen molar-refractivity contribution in [3.05, 3.63) is 66.0 Å². The summed E-state index contributed by atoms with van der Waals surface area (Å²) in [5, 5.41) is 0.655. The molecule has 28 heavy (non-hydrogen) atoms. The fourth-order valence-corrected chi connectivity index (χ4v) is 3.68. The van der Waals surface area contributed by atoms with E-state index >= 15 is 0 Å². The second-order valence-electron chi connectivity index (χ2n) is 7.26. The van der Waals surface area contributed by atoms with Gasteiger partial charge in [0.05, 0.1) is 22.9 Å². The summed E-state index contributed by atoms with van der Waals surface area (Å²) in [7, 11) is 1.79. The van der Waals surface area contributed by atoms with E-state index in [2.05, 4.69) is 4.98 Å². The molecule has 0 spiro atoms. The van der Waals surface area contributed by atoms with E-state index < -0.39 is 0 Å². The number of hydrogen-bond acceptors (Lipinski definition) is 3. The van der Waals surface area contributed by atoms with E-state index in [1.807, 2.05) is 30.3 Å². The lowest BCUT2D eigenvalue weighted by molar-refractivity contribution is -0.000152. The van der Waals surface area contributed by atoms with Crippen molar-refractivity contribution >= 4 is 16.8 Å². The van der Waals surface area contributed by atoms with Gasteiger partial charge in [-0.15, -0.1) is 0 Å². The summed E-state index contributed by atoms with van der Waals surface area (Å²) in [5.41, 5.74) is 2.56. The van der Waals surface area contributed by atoms with Gasteiger partial charge in [-0.2, -0.15) is 0 Å². The Kier molecular flexibility index (Phi) is 5.35. The summed E-state index contributed by atoms with van der Waals surface area (Å²) in [4.78, 5) is 19.5. The number of hydrogen-bond donors (Lipinski definition) is 0. The first-order valence-electron chi connectivity index (χ1n) is 9.64. The zero-order valence-corrected chi connectivity index (χ0v) is 15.9. The van der Waals surface area contributed by atoms with Crippen molar-refractivity contribution in [2.45, 2.75) is 25.4 Å². The van der Waals surface area contributed by atoms with E-state index in [4.69, 9.17) is 4.74 Å². The van der Waals surface area contributed by atoms with Crippen LogP contribution in [0.1, 0.15) is 29.6 Å². The number of amides is 1. The van der Waals surface area contributed by atoms with Crippen molar-refractivity contribution in [3.8, 4) is 11.3 Å². The first-order chi connectivity index (χ1) is 13.6. The lowest BCUT2D eigenvalue weighted by atomic mass is 10.0. The number of rotatable bonds is 4. The zero-order valence-electron chi connectivity index (χ0n) is 15.9. The van der Waals surface area contributed by atoms with Gasteiger partial charge in [-0.1, -0.05) is 30.3 Å². The van der Waals surface area contributed by atoms with Gasteiger partial charge >= 0.3 is 0 Å². The third kappa shape index (κ3) is 3.90. The van der Waals surface area contributed by atoms with Crippen molar-refractivity contribution in [3.63, 3.8) is 0 Å². The van der Waals surface area contributed by atoms with Crippen molar-refractivity contribution < 1.29 is 13.9 Å². The van der Waals surface area contributed by atoms with E-state index in [9.17, 15) is 9.18 Å². The summed E-state index contributed by atoms with van der Waals surface area (Å²) in [6, 6.07) is 15.8. The first kappa shape index (κ1) is 18.6. The Hall–Kier alpha value is -2.79. The van der Waals surface area contributed by atoms with E-state index in [1.54, 1.807) is 24.1 Å². The van der Waals surface area contributed by atoms with Gasteiger partial charge in [0, 0.05) is 37.2 Å². The highest BCUT2D eigenvalue weighted by Crippen LogP contribution is 2.26. The van der Waals surface area contributed by atoms with Gasteiger partial charge in [0.2, 0.25) is 0 Å². The summed E-state index contributed by atoms with van der Waals surface area (Å²) in [6.07, 6.45) is 3.24. The zero-order chi connectivity index (χ0) is 19.5. The molecule has 1 unspecified atom stereocenters. The highest BCUT2D eigenvalue weighted by atomic mass is 19.1. The first-order valence-corrected chi connectivity index (χ1v) is 9.64. The SMILES string of the molecule is CN(CC1CCCCO1)C(=O)c1cc(-c2ccccc2)nc2cc(F)ccc12. The summed E-state index contributed by atoms with van der Waals surface area (Å²) >= 11 is 0. The fourth-order valence-electron chi connectivity index (χ4n) is 3.68. The van der Waals surface area contributed by atoms with E-state index in [1.165, 1.54) is 12.1 Å². The van der Waals surface area contributed by atoms with Gasteiger partial charge in [-0.3, -0.25) is 4.79 Å². The molecule has 0 aliphatic carbocycles. The Morgan fingerprint density at radius 2 is 2.00 bits per heavy atom. The van der Waals surface area contributed by atoms with Crippen LogP contribution in [0.3, 0.4) is 0 Å². The third-order valence-corrected chi connectivity index (χ3v) is 5.17. The van der Waals surface area contributed by atoms with Gasteiger partial charge < -0.3 is 9.64 Å². The Balaban J connectivity index is 1.72. The Morgan fingerprint density at radius 1 is 1.18 bits per heavy atom. The molecule has 1 aliphatic rings. The third-order valence-electron chi connectivity index (χ3n) is 5.17. The molecule has 1 saturated heterocycles. The number of ether oxygens (including phenoxy) is 1. The number of carbonyl (C=O) groups is 1.